The van der Waals surface area contributed by atoms with E-state index in [9.17, 15) is 0 Å². The molecule has 0 unspecified atom stereocenters. The molecule has 0 aromatic heterocycles. The highest BCUT2D eigenvalue weighted by atomic mass is 32.1. The van der Waals surface area contributed by atoms with E-state index in [1.54, 1.807) is 0 Å². The van der Waals surface area contributed by atoms with Crippen molar-refractivity contribution in [3.8, 4) is 0 Å². The van der Waals surface area contributed by atoms with Crippen molar-refractivity contribution in [2.24, 2.45) is 0 Å². The van der Waals surface area contributed by atoms with Gasteiger partial charge in [-0.15, -0.1) is 0 Å². The summed E-state index contributed by atoms with van der Waals surface area (Å²) >= 11 is 5.76. The lowest BCUT2D eigenvalue weighted by Gasteiger charge is -2.27. The molecule has 2 rings (SSSR count). The number of anilines is 1. The normalized spacial score (nSPS) is 10.8. The maximum atomic E-state index is 5.76. The lowest BCUT2D eigenvalue weighted by molar-refractivity contribution is 0.346. The molecule has 2 aromatic carbocycles. The van der Waals surface area contributed by atoms with Crippen LogP contribution in [0, 0.1) is 13.8 Å². The van der Waals surface area contributed by atoms with Gasteiger partial charge in [0.15, 0.2) is 5.11 Å². The van der Waals surface area contributed by atoms with E-state index in [1.165, 1.54) is 16.7 Å². The highest BCUT2D eigenvalue weighted by Crippen LogP contribution is 2.20. The minimum absolute atomic E-state index is 0.792. The third kappa shape index (κ3) is 6.15. The molecule has 0 aliphatic carbocycles. The van der Waals surface area contributed by atoms with Gasteiger partial charge in [-0.3, -0.25) is 0 Å². The van der Waals surface area contributed by atoms with Crippen molar-refractivity contribution in [2.45, 2.75) is 26.8 Å². The zero-order valence-corrected chi connectivity index (χ0v) is 16.6. The molecule has 0 spiro atoms. The summed E-state index contributed by atoms with van der Waals surface area (Å²) in [6.45, 7) is 7.04. The number of nitrogens with zero attached hydrogens (tertiary/aromatic N) is 2. The smallest absolute Gasteiger partial charge is 0.173 e. The summed E-state index contributed by atoms with van der Waals surface area (Å²) < 4.78 is 0. The van der Waals surface area contributed by atoms with E-state index in [2.05, 4.69) is 85.5 Å². The van der Waals surface area contributed by atoms with Crippen LogP contribution in [0.4, 0.5) is 5.69 Å². The number of hydrogen-bond acceptors (Lipinski definition) is 2. The summed E-state index contributed by atoms with van der Waals surface area (Å²) in [5.74, 6) is 0. The lowest BCUT2D eigenvalue weighted by Crippen LogP contribution is -2.36. The molecular formula is C21H29N3S. The quantitative estimate of drug-likeness (QED) is 0.739. The third-order valence-corrected chi connectivity index (χ3v) is 4.61. The second-order valence-electron chi connectivity index (χ2n) is 6.76. The zero-order chi connectivity index (χ0) is 18.2. The van der Waals surface area contributed by atoms with Crippen LogP contribution in [0.5, 0.6) is 0 Å². The summed E-state index contributed by atoms with van der Waals surface area (Å²) in [4.78, 5) is 4.47. The van der Waals surface area contributed by atoms with E-state index in [0.717, 1.165) is 36.9 Å². The average molecular weight is 356 g/mol. The molecule has 4 heteroatoms. The van der Waals surface area contributed by atoms with E-state index in [4.69, 9.17) is 12.2 Å². The fourth-order valence-electron chi connectivity index (χ4n) is 2.83. The SMILES string of the molecule is Cc1cccc(C)c1NC(=S)N(CCCN(C)C)Cc1ccccc1. The molecule has 25 heavy (non-hydrogen) atoms. The minimum atomic E-state index is 0.792. The number of thiocarbonyl (C=S) groups is 1. The molecule has 0 atom stereocenters. The van der Waals surface area contributed by atoms with E-state index in [1.807, 2.05) is 6.07 Å². The Kier molecular flexibility index (Phi) is 7.41. The molecule has 0 fully saturated rings. The van der Waals surface area contributed by atoms with Crippen molar-refractivity contribution in [2.75, 3.05) is 32.5 Å². The topological polar surface area (TPSA) is 18.5 Å². The molecule has 1 N–H and O–H groups in total. The first-order chi connectivity index (χ1) is 12.0. The molecule has 0 heterocycles. The second-order valence-corrected chi connectivity index (χ2v) is 7.15. The van der Waals surface area contributed by atoms with Gasteiger partial charge in [-0.2, -0.15) is 0 Å². The van der Waals surface area contributed by atoms with Gasteiger partial charge < -0.3 is 15.1 Å². The van der Waals surface area contributed by atoms with Gasteiger partial charge in [0, 0.05) is 18.8 Å². The van der Waals surface area contributed by atoms with E-state index >= 15 is 0 Å². The van der Waals surface area contributed by atoms with Crippen LogP contribution in [0.3, 0.4) is 0 Å². The summed E-state index contributed by atoms with van der Waals surface area (Å²) in [5.41, 5.74) is 4.83. The van der Waals surface area contributed by atoms with Crippen molar-refractivity contribution >= 4 is 23.0 Å². The summed E-state index contributed by atoms with van der Waals surface area (Å²) in [5, 5.41) is 4.27. The summed E-state index contributed by atoms with van der Waals surface area (Å²) in [6, 6.07) is 16.8. The molecule has 0 radical (unpaired) electrons. The van der Waals surface area contributed by atoms with Crippen LogP contribution in [0.15, 0.2) is 48.5 Å². The van der Waals surface area contributed by atoms with Crippen molar-refractivity contribution in [3.63, 3.8) is 0 Å². The van der Waals surface area contributed by atoms with Crippen LogP contribution in [0.25, 0.3) is 0 Å². The number of aryl methyl sites for hydroxylation is 2. The number of benzene rings is 2. The van der Waals surface area contributed by atoms with Crippen LogP contribution in [0.1, 0.15) is 23.1 Å². The maximum absolute atomic E-state index is 5.76. The molecule has 0 saturated carbocycles. The number of rotatable bonds is 7. The lowest BCUT2D eigenvalue weighted by atomic mass is 10.1. The molecule has 0 aliphatic heterocycles. The Labute approximate surface area is 157 Å². The Morgan fingerprint density at radius 3 is 2.16 bits per heavy atom. The minimum Gasteiger partial charge on any atom is -0.345 e. The van der Waals surface area contributed by atoms with Crippen LogP contribution in [0.2, 0.25) is 0 Å². The predicted octanol–water partition coefficient (Wildman–Crippen LogP) is 4.45. The predicted molar refractivity (Wildman–Crippen MR) is 112 cm³/mol. The van der Waals surface area contributed by atoms with Gasteiger partial charge in [0.05, 0.1) is 0 Å². The highest BCUT2D eigenvalue weighted by Gasteiger charge is 2.13. The average Bonchev–Trinajstić information content (AvgIpc) is 2.58. The fraction of sp³-hybridized carbons (Fsp3) is 0.381. The fourth-order valence-corrected chi connectivity index (χ4v) is 3.09. The van der Waals surface area contributed by atoms with Gasteiger partial charge in [-0.1, -0.05) is 48.5 Å². The standard InChI is InChI=1S/C21H29N3S/c1-17-10-8-11-18(2)20(17)22-21(25)24(15-9-14-23(3)4)16-19-12-6-5-7-13-19/h5-8,10-13H,9,14-16H2,1-4H3,(H,22,25). The van der Waals surface area contributed by atoms with Crippen LogP contribution in [-0.2, 0) is 6.54 Å². The van der Waals surface area contributed by atoms with Crippen LogP contribution < -0.4 is 5.32 Å². The van der Waals surface area contributed by atoms with E-state index < -0.39 is 0 Å². The largest absolute Gasteiger partial charge is 0.345 e. The molecule has 2 aromatic rings. The van der Waals surface area contributed by atoms with E-state index in [0.29, 0.717) is 0 Å². The van der Waals surface area contributed by atoms with Gasteiger partial charge in [-0.05, 0) is 69.8 Å². The zero-order valence-electron chi connectivity index (χ0n) is 15.7. The molecule has 0 aliphatic rings. The molecule has 0 bridgehead atoms. The van der Waals surface area contributed by atoms with Gasteiger partial charge >= 0.3 is 0 Å². The van der Waals surface area contributed by atoms with Crippen molar-refractivity contribution in [3.05, 3.63) is 65.2 Å². The monoisotopic (exact) mass is 355 g/mol. The Morgan fingerprint density at radius 1 is 0.920 bits per heavy atom. The van der Waals surface area contributed by atoms with Gasteiger partial charge in [0.1, 0.15) is 0 Å². The molecule has 134 valence electrons. The Hall–Kier alpha value is -1.91. The van der Waals surface area contributed by atoms with Gasteiger partial charge in [0.25, 0.3) is 0 Å². The van der Waals surface area contributed by atoms with Crippen LogP contribution >= 0.6 is 12.2 Å². The molecule has 3 nitrogen and oxygen atoms in total. The Bertz CT molecular complexity index is 663. The Morgan fingerprint density at radius 2 is 1.56 bits per heavy atom. The Balaban J connectivity index is 2.11. The van der Waals surface area contributed by atoms with Crippen molar-refractivity contribution < 1.29 is 0 Å². The van der Waals surface area contributed by atoms with Crippen molar-refractivity contribution in [1.29, 1.82) is 0 Å². The first-order valence-corrected chi connectivity index (χ1v) is 9.19. The van der Waals surface area contributed by atoms with Gasteiger partial charge in [0.2, 0.25) is 0 Å². The summed E-state index contributed by atoms with van der Waals surface area (Å²) in [7, 11) is 4.21. The van der Waals surface area contributed by atoms with E-state index in [-0.39, 0.29) is 0 Å². The highest BCUT2D eigenvalue weighted by molar-refractivity contribution is 7.80. The number of hydrogen-bond donors (Lipinski definition) is 1. The van der Waals surface area contributed by atoms with Crippen molar-refractivity contribution in [1.82, 2.24) is 9.80 Å². The second kappa shape index (κ2) is 9.54. The molecule has 0 saturated heterocycles. The van der Waals surface area contributed by atoms with Crippen LogP contribution in [-0.4, -0.2) is 42.1 Å². The van der Waals surface area contributed by atoms with Gasteiger partial charge in [-0.25, -0.2) is 0 Å². The maximum Gasteiger partial charge on any atom is 0.173 e. The first kappa shape index (κ1) is 19.4. The first-order valence-electron chi connectivity index (χ1n) is 8.78. The number of para-hydroxylation sites is 1. The molecule has 0 amide bonds. The third-order valence-electron chi connectivity index (χ3n) is 4.25. The summed E-state index contributed by atoms with van der Waals surface area (Å²) in [6.07, 6.45) is 1.08. The molecular weight excluding hydrogens is 326 g/mol. The number of nitrogens with one attached hydrogen (secondary N) is 1.